The second-order valence-electron chi connectivity index (χ2n) is 7.76. The van der Waals surface area contributed by atoms with Gasteiger partial charge in [-0.15, -0.1) is 0 Å². The Morgan fingerprint density at radius 2 is 1.97 bits per heavy atom. The van der Waals surface area contributed by atoms with Gasteiger partial charge in [0.2, 0.25) is 6.41 Å². The predicted octanol–water partition coefficient (Wildman–Crippen LogP) is 1.35. The number of rotatable bonds is 6. The zero-order chi connectivity index (χ0) is 22.6. The molecule has 4 amide bonds. The fourth-order valence-electron chi connectivity index (χ4n) is 3.77. The molecule has 1 saturated heterocycles. The highest BCUT2D eigenvalue weighted by molar-refractivity contribution is 6.34. The normalized spacial score (nSPS) is 20.4. The molecule has 0 spiro atoms. The summed E-state index contributed by atoms with van der Waals surface area (Å²) in [6, 6.07) is 3.48. The largest absolute Gasteiger partial charge is 0.388 e. The number of carbonyl (C=O) groups is 3. The van der Waals surface area contributed by atoms with Crippen molar-refractivity contribution in [1.82, 2.24) is 15.6 Å². The number of aliphatic hydroxyl groups excluding tert-OH is 1. The van der Waals surface area contributed by atoms with E-state index in [1.165, 1.54) is 18.2 Å². The number of hydrazine groups is 1. The number of hydrogen-bond donors (Lipinski definition) is 4. The maximum Gasteiger partial charge on any atom is 0.349 e. The molecule has 170 valence electrons. The Hall–Kier alpha value is -2.24. The third-order valence-corrected chi connectivity index (χ3v) is 5.88. The molecule has 10 nitrogen and oxygen atoms in total. The number of hydrogen-bond acceptors (Lipinski definition) is 7. The van der Waals surface area contributed by atoms with Gasteiger partial charge in [-0.1, -0.05) is 37.3 Å². The number of nitrogens with zero attached hydrogens (tertiary/aromatic N) is 2. The van der Waals surface area contributed by atoms with Gasteiger partial charge in [0, 0.05) is 13.7 Å². The molecule has 2 aliphatic rings. The summed E-state index contributed by atoms with van der Waals surface area (Å²) < 4.78 is 4.68. The molecule has 1 heterocycles. The van der Waals surface area contributed by atoms with Crippen molar-refractivity contribution in [2.45, 2.75) is 50.5 Å². The van der Waals surface area contributed by atoms with Crippen LogP contribution in [0.4, 0.5) is 10.5 Å². The van der Waals surface area contributed by atoms with Crippen molar-refractivity contribution in [3.63, 3.8) is 0 Å². The van der Waals surface area contributed by atoms with E-state index in [1.807, 2.05) is 0 Å². The van der Waals surface area contributed by atoms with E-state index >= 15 is 0 Å². The van der Waals surface area contributed by atoms with Crippen molar-refractivity contribution in [2.24, 2.45) is 0 Å². The van der Waals surface area contributed by atoms with Gasteiger partial charge in [0.05, 0.1) is 28.4 Å². The number of benzene rings is 1. The molecule has 1 saturated carbocycles. The Bertz CT molecular complexity index is 843. The second-order valence-corrected chi connectivity index (χ2v) is 8.17. The lowest BCUT2D eigenvalue weighted by Crippen LogP contribution is -2.64. The molecular weight excluding hydrogens is 428 g/mol. The van der Waals surface area contributed by atoms with Crippen molar-refractivity contribution >= 4 is 35.1 Å². The fourth-order valence-corrected chi connectivity index (χ4v) is 3.97. The zero-order valence-corrected chi connectivity index (χ0v) is 18.0. The lowest BCUT2D eigenvalue weighted by Gasteiger charge is -2.36. The molecule has 1 aromatic rings. The fraction of sp³-hybridized carbons (Fsp3) is 0.550. The van der Waals surface area contributed by atoms with E-state index in [0.29, 0.717) is 17.7 Å². The van der Waals surface area contributed by atoms with E-state index in [-0.39, 0.29) is 29.4 Å². The van der Waals surface area contributed by atoms with Crippen LogP contribution in [0.5, 0.6) is 0 Å². The van der Waals surface area contributed by atoms with Gasteiger partial charge in [-0.3, -0.25) is 9.59 Å². The topological polar surface area (TPSA) is 131 Å². The van der Waals surface area contributed by atoms with Crippen LogP contribution in [0.3, 0.4) is 0 Å². The molecule has 31 heavy (non-hydrogen) atoms. The number of carbonyl (C=O) groups excluding carboxylic acids is 3. The number of anilines is 1. The van der Waals surface area contributed by atoms with Gasteiger partial charge in [-0.05, 0) is 31.0 Å². The van der Waals surface area contributed by atoms with Gasteiger partial charge < -0.3 is 20.3 Å². The van der Waals surface area contributed by atoms with Crippen LogP contribution in [0.2, 0.25) is 5.02 Å². The molecular formula is C20H27ClN4O6. The standard InChI is InChI=1S/C20H27ClN4O6/c1-31-19(29)24-16(26)11-23-25(18(24)28)13-6-7-15(21)14(10-13)17(27)22-12-20(30)8-4-2-3-5-9-20/h6-7,10,19,23,29-30H,2-5,8-9,11-12H2,1H3,(H,22,27)/t19-/m1/s1. The molecule has 0 radical (unpaired) electrons. The molecule has 0 aromatic heterocycles. The molecule has 2 fully saturated rings. The van der Waals surface area contributed by atoms with Crippen LogP contribution in [0.15, 0.2) is 18.2 Å². The van der Waals surface area contributed by atoms with Crippen LogP contribution in [0.1, 0.15) is 48.9 Å². The van der Waals surface area contributed by atoms with Crippen molar-refractivity contribution in [3.8, 4) is 0 Å². The van der Waals surface area contributed by atoms with Crippen molar-refractivity contribution in [1.29, 1.82) is 0 Å². The van der Waals surface area contributed by atoms with Crippen LogP contribution in [0.25, 0.3) is 0 Å². The van der Waals surface area contributed by atoms with Crippen LogP contribution < -0.4 is 15.8 Å². The summed E-state index contributed by atoms with van der Waals surface area (Å²) in [7, 11) is 1.16. The Balaban J connectivity index is 1.76. The van der Waals surface area contributed by atoms with E-state index in [4.69, 9.17) is 11.6 Å². The Morgan fingerprint density at radius 1 is 1.29 bits per heavy atom. The summed E-state index contributed by atoms with van der Waals surface area (Å²) in [6.07, 6.45) is 3.47. The Kier molecular flexibility index (Phi) is 7.50. The SMILES string of the molecule is CO[C@@H](O)N1C(=O)CNN(c2ccc(Cl)c(C(=O)NCC3(O)CCCCCC3)c2)C1=O. The third-order valence-electron chi connectivity index (χ3n) is 5.55. The lowest BCUT2D eigenvalue weighted by molar-refractivity contribution is -0.175. The lowest BCUT2D eigenvalue weighted by atomic mass is 9.94. The minimum Gasteiger partial charge on any atom is -0.388 e. The van der Waals surface area contributed by atoms with E-state index in [1.54, 1.807) is 0 Å². The number of imide groups is 1. The van der Waals surface area contributed by atoms with Crippen LogP contribution in [0, 0.1) is 0 Å². The van der Waals surface area contributed by atoms with Gasteiger partial charge >= 0.3 is 6.03 Å². The Morgan fingerprint density at radius 3 is 2.61 bits per heavy atom. The van der Waals surface area contributed by atoms with Gasteiger partial charge in [0.1, 0.15) is 0 Å². The van der Waals surface area contributed by atoms with E-state index in [9.17, 15) is 24.6 Å². The maximum atomic E-state index is 12.8. The molecule has 4 N–H and O–H groups in total. The number of ether oxygens (including phenoxy) is 1. The minimum atomic E-state index is -1.74. The van der Waals surface area contributed by atoms with Gasteiger partial charge in [0.15, 0.2) is 0 Å². The van der Waals surface area contributed by atoms with Gasteiger partial charge in [0.25, 0.3) is 11.8 Å². The first-order valence-electron chi connectivity index (χ1n) is 10.2. The average Bonchev–Trinajstić information content (AvgIpc) is 2.97. The number of amides is 4. The minimum absolute atomic E-state index is 0.107. The van der Waals surface area contributed by atoms with Crippen molar-refractivity contribution < 1.29 is 29.3 Å². The van der Waals surface area contributed by atoms with E-state index in [2.05, 4.69) is 15.5 Å². The average molecular weight is 455 g/mol. The zero-order valence-electron chi connectivity index (χ0n) is 17.3. The highest BCUT2D eigenvalue weighted by atomic mass is 35.5. The summed E-state index contributed by atoms with van der Waals surface area (Å²) in [6.45, 7) is -0.154. The van der Waals surface area contributed by atoms with E-state index in [0.717, 1.165) is 37.8 Å². The first kappa shape index (κ1) is 23.4. The first-order chi connectivity index (χ1) is 14.8. The molecule has 1 aromatic carbocycles. The summed E-state index contributed by atoms with van der Waals surface area (Å²) in [5.41, 5.74) is 2.05. The van der Waals surface area contributed by atoms with Gasteiger partial charge in [-0.25, -0.2) is 20.1 Å². The summed E-state index contributed by atoms with van der Waals surface area (Å²) in [4.78, 5) is 38.0. The first-order valence-corrected chi connectivity index (χ1v) is 10.5. The highest BCUT2D eigenvalue weighted by Crippen LogP contribution is 2.28. The highest BCUT2D eigenvalue weighted by Gasteiger charge is 2.38. The van der Waals surface area contributed by atoms with E-state index < -0.39 is 29.9 Å². The molecule has 1 aliphatic carbocycles. The number of methoxy groups -OCH3 is 1. The van der Waals surface area contributed by atoms with Crippen molar-refractivity contribution in [3.05, 3.63) is 28.8 Å². The predicted molar refractivity (Wildman–Crippen MR) is 112 cm³/mol. The molecule has 0 unspecified atom stereocenters. The number of urea groups is 1. The maximum absolute atomic E-state index is 12.8. The number of halogens is 1. The van der Waals surface area contributed by atoms with Crippen molar-refractivity contribution in [2.75, 3.05) is 25.2 Å². The summed E-state index contributed by atoms with van der Waals surface area (Å²) in [5.74, 6) is -1.15. The summed E-state index contributed by atoms with van der Waals surface area (Å²) in [5, 5.41) is 24.5. The van der Waals surface area contributed by atoms with Gasteiger partial charge in [-0.2, -0.15) is 0 Å². The quantitative estimate of drug-likeness (QED) is 0.377. The van der Waals surface area contributed by atoms with Crippen LogP contribution in [-0.2, 0) is 9.53 Å². The monoisotopic (exact) mass is 454 g/mol. The molecule has 0 bridgehead atoms. The summed E-state index contributed by atoms with van der Waals surface area (Å²) >= 11 is 6.20. The van der Waals surface area contributed by atoms with Crippen LogP contribution >= 0.6 is 11.6 Å². The molecule has 3 rings (SSSR count). The smallest absolute Gasteiger partial charge is 0.349 e. The molecule has 1 aliphatic heterocycles. The Labute approximate surface area is 185 Å². The second kappa shape index (κ2) is 9.92. The third kappa shape index (κ3) is 5.34. The number of nitrogens with one attached hydrogen (secondary N) is 2. The molecule has 11 heteroatoms. The van der Waals surface area contributed by atoms with Crippen LogP contribution in [-0.4, -0.2) is 65.2 Å². The number of aliphatic hydroxyl groups is 2. The molecule has 1 atom stereocenters.